The molecule has 5 rings (SSSR count). The lowest BCUT2D eigenvalue weighted by molar-refractivity contribution is 0.197. The number of nitrogens with zero attached hydrogens (tertiary/aromatic N) is 4. The zero-order valence-corrected chi connectivity index (χ0v) is 18.8. The van der Waals surface area contributed by atoms with Crippen LogP contribution in [0.1, 0.15) is 35.3 Å². The van der Waals surface area contributed by atoms with E-state index in [1.807, 2.05) is 12.1 Å². The second kappa shape index (κ2) is 9.27. The first-order chi connectivity index (χ1) is 16.2. The van der Waals surface area contributed by atoms with Gasteiger partial charge in [0.05, 0.1) is 23.9 Å². The van der Waals surface area contributed by atoms with Crippen molar-refractivity contribution in [2.45, 2.75) is 26.1 Å². The van der Waals surface area contributed by atoms with E-state index in [4.69, 9.17) is 11.1 Å². The fraction of sp³-hybridized carbons (Fsp3) is 0.259. The quantitative estimate of drug-likeness (QED) is 0.457. The molecule has 2 heterocycles. The van der Waals surface area contributed by atoms with Gasteiger partial charge in [-0.15, -0.1) is 0 Å². The van der Waals surface area contributed by atoms with Crippen molar-refractivity contribution in [3.63, 3.8) is 0 Å². The number of hydrogen-bond acceptors (Lipinski definition) is 5. The minimum atomic E-state index is -0.139. The molecule has 1 aliphatic rings. The molecule has 33 heavy (non-hydrogen) atoms. The lowest BCUT2D eigenvalue weighted by Gasteiger charge is -2.21. The number of rotatable bonds is 7. The second-order valence-corrected chi connectivity index (χ2v) is 8.39. The van der Waals surface area contributed by atoms with Crippen molar-refractivity contribution in [1.82, 2.24) is 20.2 Å². The number of fused-ring (bicyclic) bond motifs is 2. The Bertz CT molecular complexity index is 1290. The molecule has 0 amide bonds. The van der Waals surface area contributed by atoms with Crippen LogP contribution < -0.4 is 11.1 Å². The minimum absolute atomic E-state index is 0.139. The Labute approximate surface area is 194 Å². The molecule has 4 aromatic rings. The summed E-state index contributed by atoms with van der Waals surface area (Å²) in [7, 11) is 0. The van der Waals surface area contributed by atoms with Crippen LogP contribution in [-0.2, 0) is 13.1 Å². The van der Waals surface area contributed by atoms with Gasteiger partial charge >= 0.3 is 0 Å². The topological polar surface area (TPSA) is 89.4 Å². The van der Waals surface area contributed by atoms with E-state index < -0.39 is 0 Å². The molecule has 3 aromatic carbocycles. The summed E-state index contributed by atoms with van der Waals surface area (Å²) in [6.45, 7) is 5.27. The van der Waals surface area contributed by atoms with Crippen LogP contribution in [0.5, 0.6) is 0 Å². The number of nitrogens with two attached hydrogens (primary N) is 1. The number of benzene rings is 3. The van der Waals surface area contributed by atoms with E-state index >= 15 is 0 Å². The smallest absolute Gasteiger partial charge is 0.220 e. The van der Waals surface area contributed by atoms with Gasteiger partial charge in [0.2, 0.25) is 5.95 Å². The number of nitrogen functional groups attached to an aromatic ring is 1. The fourth-order valence-corrected chi connectivity index (χ4v) is 4.68. The minimum Gasteiger partial charge on any atom is -0.395 e. The van der Waals surface area contributed by atoms with E-state index in [1.54, 1.807) is 0 Å². The summed E-state index contributed by atoms with van der Waals surface area (Å²) < 4.78 is 0. The Morgan fingerprint density at radius 2 is 1.85 bits per heavy atom. The van der Waals surface area contributed by atoms with Crippen LogP contribution in [0.4, 0.5) is 5.95 Å². The van der Waals surface area contributed by atoms with Crippen molar-refractivity contribution in [3.8, 4) is 11.1 Å². The van der Waals surface area contributed by atoms with Crippen LogP contribution in [0.2, 0.25) is 0 Å². The van der Waals surface area contributed by atoms with Crippen molar-refractivity contribution in [2.75, 3.05) is 25.4 Å². The first-order valence-electron chi connectivity index (χ1n) is 11.4. The van der Waals surface area contributed by atoms with Crippen LogP contribution in [-0.4, -0.2) is 39.7 Å². The molecule has 1 atom stereocenters. The lowest BCUT2D eigenvalue weighted by Crippen LogP contribution is -2.26. The van der Waals surface area contributed by atoms with Crippen LogP contribution in [0.3, 0.4) is 0 Å². The molecule has 0 saturated heterocycles. The van der Waals surface area contributed by atoms with Crippen molar-refractivity contribution in [3.05, 3.63) is 89.1 Å². The fourth-order valence-electron chi connectivity index (χ4n) is 4.68. The summed E-state index contributed by atoms with van der Waals surface area (Å²) in [4.78, 5) is 11.4. The predicted molar refractivity (Wildman–Crippen MR) is 132 cm³/mol. The average molecular weight is 439 g/mol. The maximum Gasteiger partial charge on any atom is 0.220 e. The molecule has 0 bridgehead atoms. The maximum absolute atomic E-state index is 9.40. The zero-order chi connectivity index (χ0) is 22.8. The molecule has 0 saturated carbocycles. The van der Waals surface area contributed by atoms with Gasteiger partial charge in [-0.05, 0) is 46.5 Å². The van der Waals surface area contributed by atoms with Crippen molar-refractivity contribution >= 4 is 16.9 Å². The molecule has 167 valence electrons. The van der Waals surface area contributed by atoms with E-state index in [-0.39, 0.29) is 18.6 Å². The molecule has 1 aliphatic heterocycles. The third-order valence-corrected chi connectivity index (χ3v) is 6.38. The summed E-state index contributed by atoms with van der Waals surface area (Å²) >= 11 is 0. The number of anilines is 1. The van der Waals surface area contributed by atoms with Crippen molar-refractivity contribution < 1.29 is 5.11 Å². The zero-order valence-electron chi connectivity index (χ0n) is 18.8. The number of hydrogen-bond donors (Lipinski definition) is 2. The standard InChI is InChI=1S/C27H28N5O/c1-2-32(13-14-33)17-20-8-4-5-9-21(20)18-11-12-24-23(15-18)26(31-27(28)30-24)25-22-10-6-3-7-19(22)16-29-25/h3-12,15,25,33H,2,13-14,16-17H2,1H3,(H2,28,30,31). The Balaban J connectivity index is 1.61. The third kappa shape index (κ3) is 4.20. The number of aromatic nitrogens is 2. The largest absolute Gasteiger partial charge is 0.395 e. The Morgan fingerprint density at radius 1 is 1.03 bits per heavy atom. The molecule has 1 unspecified atom stereocenters. The molecule has 6 nitrogen and oxygen atoms in total. The van der Waals surface area contributed by atoms with Gasteiger partial charge in [0, 0.05) is 25.0 Å². The molecule has 0 aliphatic carbocycles. The molecule has 3 N–H and O–H groups in total. The van der Waals surface area contributed by atoms with E-state index in [0.29, 0.717) is 13.1 Å². The van der Waals surface area contributed by atoms with Gasteiger partial charge in [-0.1, -0.05) is 61.5 Å². The maximum atomic E-state index is 9.40. The van der Waals surface area contributed by atoms with Crippen molar-refractivity contribution in [2.24, 2.45) is 0 Å². The van der Waals surface area contributed by atoms with Crippen LogP contribution in [0.25, 0.3) is 22.0 Å². The number of aliphatic hydroxyl groups is 1. The second-order valence-electron chi connectivity index (χ2n) is 8.39. The van der Waals surface area contributed by atoms with E-state index in [2.05, 4.69) is 76.4 Å². The first-order valence-corrected chi connectivity index (χ1v) is 11.4. The predicted octanol–water partition coefficient (Wildman–Crippen LogP) is 3.90. The van der Waals surface area contributed by atoms with Crippen LogP contribution in [0.15, 0.2) is 66.7 Å². The summed E-state index contributed by atoms with van der Waals surface area (Å²) in [6.07, 6.45) is 0. The molecule has 1 radical (unpaired) electrons. The van der Waals surface area contributed by atoms with E-state index in [0.717, 1.165) is 35.2 Å². The van der Waals surface area contributed by atoms with Gasteiger partial charge < -0.3 is 10.8 Å². The first kappa shape index (κ1) is 21.5. The molecular weight excluding hydrogens is 410 g/mol. The van der Waals surface area contributed by atoms with Gasteiger partial charge in [0.15, 0.2) is 0 Å². The summed E-state index contributed by atoms with van der Waals surface area (Å²) in [5.74, 6) is 0.271. The number of aliphatic hydroxyl groups excluding tert-OH is 1. The highest BCUT2D eigenvalue weighted by molar-refractivity contribution is 5.88. The highest BCUT2D eigenvalue weighted by atomic mass is 16.3. The molecular formula is C27H28N5O. The van der Waals surface area contributed by atoms with Crippen molar-refractivity contribution in [1.29, 1.82) is 0 Å². The Morgan fingerprint density at radius 3 is 2.70 bits per heavy atom. The molecule has 0 fully saturated rings. The SMILES string of the molecule is CCN(CCO)Cc1ccccc1-c1ccc2nc(N)nc(C3[N]Cc4ccccc43)c2c1. The highest BCUT2D eigenvalue weighted by Gasteiger charge is 2.28. The lowest BCUT2D eigenvalue weighted by atomic mass is 9.95. The van der Waals surface area contributed by atoms with E-state index in [1.165, 1.54) is 22.3 Å². The van der Waals surface area contributed by atoms with Gasteiger partial charge in [0.25, 0.3) is 0 Å². The van der Waals surface area contributed by atoms with Crippen LogP contribution >= 0.6 is 0 Å². The third-order valence-electron chi connectivity index (χ3n) is 6.38. The van der Waals surface area contributed by atoms with Crippen LogP contribution in [0, 0.1) is 0 Å². The number of likely N-dealkylation sites (N-methyl/N-ethyl adjacent to an activating group) is 1. The summed E-state index contributed by atoms with van der Waals surface area (Å²) in [6, 6.07) is 22.9. The summed E-state index contributed by atoms with van der Waals surface area (Å²) in [5.41, 5.74) is 13.7. The molecule has 1 aromatic heterocycles. The van der Waals surface area contributed by atoms with E-state index in [9.17, 15) is 5.11 Å². The highest BCUT2D eigenvalue weighted by Crippen LogP contribution is 2.36. The van der Waals surface area contributed by atoms with Gasteiger partial charge in [-0.2, -0.15) is 0 Å². The van der Waals surface area contributed by atoms with Gasteiger partial charge in [0.1, 0.15) is 0 Å². The van der Waals surface area contributed by atoms with Gasteiger partial charge in [-0.3, -0.25) is 4.90 Å². The monoisotopic (exact) mass is 438 g/mol. The average Bonchev–Trinajstić information content (AvgIpc) is 3.27. The Hall–Kier alpha value is -3.32. The summed E-state index contributed by atoms with van der Waals surface area (Å²) in [5, 5.41) is 15.3. The molecule has 0 spiro atoms. The Kier molecular flexibility index (Phi) is 6.05. The van der Waals surface area contributed by atoms with Gasteiger partial charge in [-0.25, -0.2) is 15.3 Å². The normalized spacial score (nSPS) is 15.3. The molecule has 6 heteroatoms.